The second-order valence-corrected chi connectivity index (χ2v) is 9.74. The Morgan fingerprint density at radius 1 is 0.885 bits per heavy atom. The maximum absolute atomic E-state index is 6.61. The summed E-state index contributed by atoms with van der Waals surface area (Å²) in [6.45, 7) is 11.6. The van der Waals surface area contributed by atoms with Crippen molar-refractivity contribution in [2.45, 2.75) is 76.7 Å². The van der Waals surface area contributed by atoms with Crippen LogP contribution in [-0.4, -0.2) is 5.54 Å². The maximum Gasteiger partial charge on any atom is 0.0627 e. The summed E-state index contributed by atoms with van der Waals surface area (Å²) in [5.41, 5.74) is 6.97. The molecule has 2 atom stereocenters. The summed E-state index contributed by atoms with van der Waals surface area (Å²) in [6.07, 6.45) is 4.96. The fourth-order valence-corrected chi connectivity index (χ4v) is 5.10. The van der Waals surface area contributed by atoms with E-state index in [1.807, 2.05) is 0 Å². The van der Waals surface area contributed by atoms with E-state index >= 15 is 0 Å². The van der Waals surface area contributed by atoms with Gasteiger partial charge in [-0.2, -0.15) is 0 Å². The first kappa shape index (κ1) is 17.6. The van der Waals surface area contributed by atoms with Crippen molar-refractivity contribution in [3.8, 4) is 11.1 Å². The molecule has 2 aliphatic rings. The summed E-state index contributed by atoms with van der Waals surface area (Å²) < 4.78 is 0. The molecular weight excluding hydrogens is 316 g/mol. The number of fused-ring (bicyclic) bond motifs is 3. The third-order valence-corrected chi connectivity index (χ3v) is 7.25. The van der Waals surface area contributed by atoms with Gasteiger partial charge in [-0.1, -0.05) is 70.9 Å². The summed E-state index contributed by atoms with van der Waals surface area (Å²) in [4.78, 5) is 0. The van der Waals surface area contributed by atoms with Crippen LogP contribution in [0, 0.1) is 0 Å². The van der Waals surface area contributed by atoms with E-state index in [-0.39, 0.29) is 16.4 Å². The van der Waals surface area contributed by atoms with E-state index in [1.54, 1.807) is 0 Å². The predicted octanol–water partition coefficient (Wildman–Crippen LogP) is 5.94. The molecule has 2 N–H and O–H groups in total. The van der Waals surface area contributed by atoms with Gasteiger partial charge in [0.15, 0.2) is 0 Å². The van der Waals surface area contributed by atoms with E-state index in [4.69, 9.17) is 5.84 Å². The van der Waals surface area contributed by atoms with Crippen molar-refractivity contribution in [2.75, 3.05) is 5.01 Å². The monoisotopic (exact) mass is 348 g/mol. The molecule has 1 aliphatic carbocycles. The molecule has 1 fully saturated rings. The van der Waals surface area contributed by atoms with Crippen LogP contribution in [-0.2, 0) is 10.8 Å². The van der Waals surface area contributed by atoms with Crippen molar-refractivity contribution in [1.29, 1.82) is 0 Å². The average Bonchev–Trinajstić information content (AvgIpc) is 2.79. The topological polar surface area (TPSA) is 29.3 Å². The van der Waals surface area contributed by atoms with Gasteiger partial charge in [-0.05, 0) is 59.6 Å². The van der Waals surface area contributed by atoms with Crippen LogP contribution in [0.4, 0.5) is 5.69 Å². The van der Waals surface area contributed by atoms with E-state index in [0.717, 1.165) is 0 Å². The number of nitrogens with zero attached hydrogens (tertiary/aromatic N) is 1. The third-order valence-electron chi connectivity index (χ3n) is 7.25. The molecule has 138 valence electrons. The van der Waals surface area contributed by atoms with Crippen molar-refractivity contribution < 1.29 is 0 Å². The lowest BCUT2D eigenvalue weighted by atomic mass is 9.62. The van der Waals surface area contributed by atoms with Gasteiger partial charge in [-0.15, -0.1) is 0 Å². The number of anilines is 1. The highest BCUT2D eigenvalue weighted by Crippen LogP contribution is 2.57. The van der Waals surface area contributed by atoms with Gasteiger partial charge in [0, 0.05) is 5.41 Å². The zero-order valence-electron chi connectivity index (χ0n) is 16.9. The molecule has 0 spiro atoms. The minimum atomic E-state index is 0.0301. The molecule has 26 heavy (non-hydrogen) atoms. The number of rotatable bonds is 1. The van der Waals surface area contributed by atoms with Gasteiger partial charge in [-0.3, -0.25) is 0 Å². The van der Waals surface area contributed by atoms with E-state index in [1.165, 1.54) is 53.6 Å². The van der Waals surface area contributed by atoms with Crippen molar-refractivity contribution in [1.82, 2.24) is 0 Å². The molecular formula is C24H32N2. The van der Waals surface area contributed by atoms with Crippen LogP contribution in [0.1, 0.15) is 71.4 Å². The van der Waals surface area contributed by atoms with Gasteiger partial charge in [0.25, 0.3) is 0 Å². The molecule has 2 nitrogen and oxygen atoms in total. The SMILES string of the molecule is CC(C)(C)c1ccc(-c2ccc3c(c2)C2(C)CCCCC2(C)N3N)cc1. The highest BCUT2D eigenvalue weighted by Gasteiger charge is 2.56. The first-order valence-corrected chi connectivity index (χ1v) is 9.97. The standard InChI is InChI=1S/C24H32N2/c1-22(2,3)19-11-8-17(9-12-19)18-10-13-21-20(16-18)23(4)14-6-7-15-24(23,5)26(21)25/h8-13,16H,6-7,14-15,25H2,1-5H3. The second kappa shape index (κ2) is 5.60. The summed E-state index contributed by atoms with van der Waals surface area (Å²) in [5, 5.41) is 2.06. The van der Waals surface area contributed by atoms with Gasteiger partial charge < -0.3 is 5.01 Å². The van der Waals surface area contributed by atoms with E-state index < -0.39 is 0 Å². The molecule has 0 saturated heterocycles. The molecule has 2 heteroatoms. The zero-order chi connectivity index (χ0) is 18.7. The van der Waals surface area contributed by atoms with Crippen LogP contribution in [0.3, 0.4) is 0 Å². The van der Waals surface area contributed by atoms with Crippen molar-refractivity contribution in [3.05, 3.63) is 53.6 Å². The normalized spacial score (nSPS) is 28.0. The van der Waals surface area contributed by atoms with Gasteiger partial charge in [0.05, 0.1) is 11.2 Å². The summed E-state index contributed by atoms with van der Waals surface area (Å²) in [7, 11) is 0. The van der Waals surface area contributed by atoms with Crippen molar-refractivity contribution >= 4 is 5.69 Å². The lowest BCUT2D eigenvalue weighted by Crippen LogP contribution is -2.59. The Kier molecular flexibility index (Phi) is 3.79. The highest BCUT2D eigenvalue weighted by atomic mass is 15.5. The largest absolute Gasteiger partial charge is 0.304 e. The van der Waals surface area contributed by atoms with Crippen LogP contribution in [0.25, 0.3) is 11.1 Å². The molecule has 1 heterocycles. The fraction of sp³-hybridized carbons (Fsp3) is 0.500. The molecule has 2 unspecified atom stereocenters. The Hall–Kier alpha value is -1.80. The lowest BCUT2D eigenvalue weighted by Gasteiger charge is -2.48. The van der Waals surface area contributed by atoms with E-state index in [2.05, 4.69) is 82.1 Å². The van der Waals surface area contributed by atoms with Gasteiger partial charge in [-0.25, -0.2) is 5.84 Å². The molecule has 1 saturated carbocycles. The molecule has 1 aliphatic heterocycles. The average molecular weight is 349 g/mol. The van der Waals surface area contributed by atoms with E-state index in [0.29, 0.717) is 0 Å². The van der Waals surface area contributed by atoms with Gasteiger partial charge in [0.1, 0.15) is 0 Å². The lowest BCUT2D eigenvalue weighted by molar-refractivity contribution is 0.184. The van der Waals surface area contributed by atoms with Crippen LogP contribution in [0.5, 0.6) is 0 Å². The number of hydrogen-bond donors (Lipinski definition) is 1. The number of nitrogens with two attached hydrogens (primary N) is 1. The number of hydrogen-bond acceptors (Lipinski definition) is 2. The molecule has 0 aromatic heterocycles. The maximum atomic E-state index is 6.61. The van der Waals surface area contributed by atoms with Crippen LogP contribution in [0.15, 0.2) is 42.5 Å². The first-order valence-electron chi connectivity index (χ1n) is 9.97. The Morgan fingerprint density at radius 3 is 2.15 bits per heavy atom. The van der Waals surface area contributed by atoms with Gasteiger partial charge >= 0.3 is 0 Å². The molecule has 0 radical (unpaired) electrons. The Balaban J connectivity index is 1.77. The Morgan fingerprint density at radius 2 is 1.50 bits per heavy atom. The highest BCUT2D eigenvalue weighted by molar-refractivity contribution is 5.74. The van der Waals surface area contributed by atoms with Crippen LogP contribution in [0.2, 0.25) is 0 Å². The third kappa shape index (κ3) is 2.35. The molecule has 2 aromatic rings. The van der Waals surface area contributed by atoms with E-state index in [9.17, 15) is 0 Å². The first-order chi connectivity index (χ1) is 12.2. The minimum absolute atomic E-state index is 0.0301. The van der Waals surface area contributed by atoms with Gasteiger partial charge in [0.2, 0.25) is 0 Å². The molecule has 4 rings (SSSR count). The van der Waals surface area contributed by atoms with Crippen molar-refractivity contribution in [2.24, 2.45) is 5.84 Å². The van der Waals surface area contributed by atoms with Crippen LogP contribution < -0.4 is 10.9 Å². The minimum Gasteiger partial charge on any atom is -0.304 e. The summed E-state index contributed by atoms with van der Waals surface area (Å²) in [5.74, 6) is 6.61. The second-order valence-electron chi connectivity index (χ2n) is 9.74. The zero-order valence-corrected chi connectivity index (χ0v) is 16.9. The number of hydrazine groups is 1. The predicted molar refractivity (Wildman–Crippen MR) is 111 cm³/mol. The summed E-state index contributed by atoms with van der Waals surface area (Å²) >= 11 is 0. The number of benzene rings is 2. The quantitative estimate of drug-likeness (QED) is 0.647. The fourth-order valence-electron chi connectivity index (χ4n) is 5.10. The Labute approximate surface area is 158 Å². The Bertz CT molecular complexity index is 830. The van der Waals surface area contributed by atoms with Crippen molar-refractivity contribution in [3.63, 3.8) is 0 Å². The molecule has 2 aromatic carbocycles. The molecule has 0 amide bonds. The van der Waals surface area contributed by atoms with Crippen LogP contribution >= 0.6 is 0 Å². The summed E-state index contributed by atoms with van der Waals surface area (Å²) in [6, 6.07) is 15.9. The molecule has 0 bridgehead atoms. The smallest absolute Gasteiger partial charge is 0.0627 e.